The van der Waals surface area contributed by atoms with Crippen LogP contribution < -0.4 is 15.4 Å². The third-order valence-electron chi connectivity index (χ3n) is 3.02. The van der Waals surface area contributed by atoms with Crippen molar-refractivity contribution in [2.24, 2.45) is 0 Å². The highest BCUT2D eigenvalue weighted by molar-refractivity contribution is 7.80. The Hall–Kier alpha value is -2.66. The number of thiocarbonyl (C=S) groups is 1. The molecule has 118 valence electrons. The smallest absolute Gasteiger partial charge is 0.257 e. The van der Waals surface area contributed by atoms with Crippen molar-refractivity contribution < 1.29 is 9.53 Å². The molecule has 2 N–H and O–H groups in total. The standard InChI is InChI=1S/C18H18N2O2S/c1-3-12-22-16-10-8-15(9-11-16)19-18(23)20-17(21)14-6-4-13(2)5-7-14/h3-11H,1,12H2,2H3,(H2,19,20,21,23). The minimum Gasteiger partial charge on any atom is -0.490 e. The van der Waals surface area contributed by atoms with Gasteiger partial charge in [-0.25, -0.2) is 0 Å². The molecule has 0 radical (unpaired) electrons. The molecule has 0 aliphatic carbocycles. The van der Waals surface area contributed by atoms with Crippen molar-refractivity contribution in [1.82, 2.24) is 5.32 Å². The van der Waals surface area contributed by atoms with Gasteiger partial charge in [0.15, 0.2) is 5.11 Å². The van der Waals surface area contributed by atoms with Crippen LogP contribution in [0, 0.1) is 6.92 Å². The van der Waals surface area contributed by atoms with Crippen LogP contribution in [-0.2, 0) is 0 Å². The topological polar surface area (TPSA) is 50.4 Å². The van der Waals surface area contributed by atoms with E-state index in [1.807, 2.05) is 43.3 Å². The largest absolute Gasteiger partial charge is 0.490 e. The highest BCUT2D eigenvalue weighted by Crippen LogP contribution is 2.15. The molecule has 0 heterocycles. The first-order valence-corrected chi connectivity index (χ1v) is 7.52. The van der Waals surface area contributed by atoms with E-state index in [-0.39, 0.29) is 11.0 Å². The molecular formula is C18H18N2O2S. The molecule has 2 aromatic rings. The fourth-order valence-corrected chi connectivity index (χ4v) is 2.04. The number of aryl methyl sites for hydroxylation is 1. The van der Waals surface area contributed by atoms with E-state index in [0.717, 1.165) is 17.0 Å². The van der Waals surface area contributed by atoms with Crippen molar-refractivity contribution in [2.75, 3.05) is 11.9 Å². The second-order valence-electron chi connectivity index (χ2n) is 4.90. The summed E-state index contributed by atoms with van der Waals surface area (Å²) in [6, 6.07) is 14.6. The average Bonchev–Trinajstić information content (AvgIpc) is 2.54. The number of rotatable bonds is 5. The number of ether oxygens (including phenoxy) is 1. The van der Waals surface area contributed by atoms with Crippen LogP contribution in [0.15, 0.2) is 61.2 Å². The molecular weight excluding hydrogens is 308 g/mol. The lowest BCUT2D eigenvalue weighted by Gasteiger charge is -2.10. The summed E-state index contributed by atoms with van der Waals surface area (Å²) >= 11 is 5.15. The van der Waals surface area contributed by atoms with Gasteiger partial charge in [0.2, 0.25) is 0 Å². The Bertz CT molecular complexity index is 694. The molecule has 0 aliphatic heterocycles. The Labute approximate surface area is 141 Å². The Balaban J connectivity index is 1.90. The highest BCUT2D eigenvalue weighted by Gasteiger charge is 2.07. The summed E-state index contributed by atoms with van der Waals surface area (Å²) in [4.78, 5) is 12.1. The van der Waals surface area contributed by atoms with Gasteiger partial charge in [-0.1, -0.05) is 30.4 Å². The number of benzene rings is 2. The van der Waals surface area contributed by atoms with Gasteiger partial charge in [0, 0.05) is 11.3 Å². The lowest BCUT2D eigenvalue weighted by atomic mass is 10.1. The number of nitrogens with one attached hydrogen (secondary N) is 2. The predicted molar refractivity (Wildman–Crippen MR) is 97.0 cm³/mol. The van der Waals surface area contributed by atoms with Crippen LogP contribution in [0.25, 0.3) is 0 Å². The lowest BCUT2D eigenvalue weighted by molar-refractivity contribution is 0.0977. The zero-order chi connectivity index (χ0) is 16.7. The first-order valence-electron chi connectivity index (χ1n) is 7.11. The average molecular weight is 326 g/mol. The van der Waals surface area contributed by atoms with Crippen molar-refractivity contribution >= 4 is 28.9 Å². The van der Waals surface area contributed by atoms with E-state index in [4.69, 9.17) is 17.0 Å². The molecule has 0 aliphatic rings. The van der Waals surface area contributed by atoms with Crippen LogP contribution in [0.5, 0.6) is 5.75 Å². The van der Waals surface area contributed by atoms with Crippen LogP contribution in [0.3, 0.4) is 0 Å². The molecule has 0 saturated heterocycles. The Kier molecular flexibility index (Phi) is 5.88. The second-order valence-corrected chi connectivity index (χ2v) is 5.31. The summed E-state index contributed by atoms with van der Waals surface area (Å²) in [6.45, 7) is 6.02. The van der Waals surface area contributed by atoms with Gasteiger partial charge in [0.25, 0.3) is 5.91 Å². The van der Waals surface area contributed by atoms with Crippen LogP contribution in [0.1, 0.15) is 15.9 Å². The van der Waals surface area contributed by atoms with E-state index in [0.29, 0.717) is 12.2 Å². The summed E-state index contributed by atoms with van der Waals surface area (Å²) in [5.74, 6) is 0.499. The van der Waals surface area contributed by atoms with E-state index in [9.17, 15) is 4.79 Å². The normalized spacial score (nSPS) is 9.78. The van der Waals surface area contributed by atoms with Crippen molar-refractivity contribution in [1.29, 1.82) is 0 Å². The van der Waals surface area contributed by atoms with Gasteiger partial charge >= 0.3 is 0 Å². The highest BCUT2D eigenvalue weighted by atomic mass is 32.1. The summed E-state index contributed by atoms with van der Waals surface area (Å²) in [6.07, 6.45) is 1.68. The minimum absolute atomic E-state index is 0.242. The number of amides is 1. The van der Waals surface area contributed by atoms with Crippen LogP contribution >= 0.6 is 12.2 Å². The van der Waals surface area contributed by atoms with Gasteiger partial charge < -0.3 is 10.1 Å². The molecule has 23 heavy (non-hydrogen) atoms. The first kappa shape index (κ1) is 16.7. The van der Waals surface area contributed by atoms with E-state index in [1.165, 1.54) is 0 Å². The maximum Gasteiger partial charge on any atom is 0.257 e. The van der Waals surface area contributed by atoms with Gasteiger partial charge in [-0.2, -0.15) is 0 Å². The van der Waals surface area contributed by atoms with E-state index >= 15 is 0 Å². The molecule has 1 amide bonds. The van der Waals surface area contributed by atoms with Crippen molar-refractivity contribution in [3.05, 3.63) is 72.3 Å². The molecule has 5 heteroatoms. The Morgan fingerprint density at radius 1 is 1.17 bits per heavy atom. The van der Waals surface area contributed by atoms with Gasteiger partial charge in [-0.15, -0.1) is 0 Å². The molecule has 0 spiro atoms. The molecule has 0 fully saturated rings. The Morgan fingerprint density at radius 2 is 1.83 bits per heavy atom. The molecule has 0 aromatic heterocycles. The van der Waals surface area contributed by atoms with Crippen LogP contribution in [0.4, 0.5) is 5.69 Å². The lowest BCUT2D eigenvalue weighted by Crippen LogP contribution is -2.34. The van der Waals surface area contributed by atoms with Gasteiger partial charge in [0.1, 0.15) is 12.4 Å². The minimum atomic E-state index is -0.242. The van der Waals surface area contributed by atoms with Crippen molar-refractivity contribution in [3.8, 4) is 5.75 Å². The third kappa shape index (κ3) is 5.23. The number of anilines is 1. The zero-order valence-electron chi connectivity index (χ0n) is 12.8. The summed E-state index contributed by atoms with van der Waals surface area (Å²) < 4.78 is 5.40. The Morgan fingerprint density at radius 3 is 2.43 bits per heavy atom. The summed E-state index contributed by atoms with van der Waals surface area (Å²) in [5.41, 5.74) is 2.43. The number of hydrogen-bond donors (Lipinski definition) is 2. The number of carbonyl (C=O) groups is 1. The molecule has 0 saturated carbocycles. The fraction of sp³-hybridized carbons (Fsp3) is 0.111. The van der Waals surface area contributed by atoms with Crippen molar-refractivity contribution in [2.45, 2.75) is 6.92 Å². The second kappa shape index (κ2) is 8.10. The molecule has 0 bridgehead atoms. The van der Waals surface area contributed by atoms with E-state index < -0.39 is 0 Å². The molecule has 0 atom stereocenters. The van der Waals surface area contributed by atoms with E-state index in [1.54, 1.807) is 18.2 Å². The van der Waals surface area contributed by atoms with Crippen LogP contribution in [-0.4, -0.2) is 17.6 Å². The quantitative estimate of drug-likeness (QED) is 0.650. The number of hydrogen-bond acceptors (Lipinski definition) is 3. The molecule has 4 nitrogen and oxygen atoms in total. The van der Waals surface area contributed by atoms with Crippen LogP contribution in [0.2, 0.25) is 0 Å². The maximum atomic E-state index is 12.1. The van der Waals surface area contributed by atoms with E-state index in [2.05, 4.69) is 17.2 Å². The maximum absolute atomic E-state index is 12.1. The fourth-order valence-electron chi connectivity index (χ4n) is 1.83. The zero-order valence-corrected chi connectivity index (χ0v) is 13.7. The third-order valence-corrected chi connectivity index (χ3v) is 3.22. The van der Waals surface area contributed by atoms with Crippen molar-refractivity contribution in [3.63, 3.8) is 0 Å². The predicted octanol–water partition coefficient (Wildman–Crippen LogP) is 3.69. The summed E-state index contributed by atoms with van der Waals surface area (Å²) in [7, 11) is 0. The molecule has 2 rings (SSSR count). The van der Waals surface area contributed by atoms with Gasteiger partial charge in [0.05, 0.1) is 0 Å². The van der Waals surface area contributed by atoms with Gasteiger partial charge in [-0.05, 0) is 55.5 Å². The monoisotopic (exact) mass is 326 g/mol. The van der Waals surface area contributed by atoms with Gasteiger partial charge in [-0.3, -0.25) is 10.1 Å². The molecule has 0 unspecified atom stereocenters. The summed E-state index contributed by atoms with van der Waals surface area (Å²) in [5, 5.41) is 5.86. The molecule has 2 aromatic carbocycles. The first-order chi connectivity index (χ1) is 11.1. The number of carbonyl (C=O) groups excluding carboxylic acids is 1. The SMILES string of the molecule is C=CCOc1ccc(NC(=S)NC(=O)c2ccc(C)cc2)cc1.